The number of fused-ring (bicyclic) bond motifs is 1. The first kappa shape index (κ1) is 13.4. The zero-order chi connectivity index (χ0) is 14.8. The Hall–Kier alpha value is -2.63. The molecule has 0 aliphatic carbocycles. The Balaban J connectivity index is 2.06. The first-order valence-corrected chi connectivity index (χ1v) is 6.93. The standard InChI is InChI=1S/C15H16N4O2/c1-2-18-13-12(16-10-17-13)14(20)19(15(18)21)9-8-11-6-4-3-5-7-11/h3-7,10H,2,8-9H2,1H3,(H,16,17). The van der Waals surface area contributed by atoms with E-state index < -0.39 is 0 Å². The molecule has 3 rings (SSSR count). The molecular formula is C15H16N4O2. The molecule has 0 aliphatic heterocycles. The molecule has 6 heteroatoms. The van der Waals surface area contributed by atoms with Gasteiger partial charge < -0.3 is 4.98 Å². The number of benzene rings is 1. The number of imidazole rings is 1. The van der Waals surface area contributed by atoms with Crippen LogP contribution in [0.3, 0.4) is 0 Å². The first-order chi connectivity index (χ1) is 10.2. The van der Waals surface area contributed by atoms with Gasteiger partial charge in [0, 0.05) is 13.1 Å². The quantitative estimate of drug-likeness (QED) is 0.781. The lowest BCUT2D eigenvalue weighted by molar-refractivity contribution is 0.580. The summed E-state index contributed by atoms with van der Waals surface area (Å²) >= 11 is 0. The van der Waals surface area contributed by atoms with E-state index in [4.69, 9.17) is 0 Å². The Morgan fingerprint density at radius 2 is 1.90 bits per heavy atom. The summed E-state index contributed by atoms with van der Waals surface area (Å²) in [6.07, 6.45) is 2.08. The SMILES string of the molecule is CCn1c(=O)n(CCc2ccccc2)c(=O)c2[nH]cnc21. The van der Waals surface area contributed by atoms with E-state index in [1.54, 1.807) is 0 Å². The van der Waals surface area contributed by atoms with Crippen molar-refractivity contribution in [1.29, 1.82) is 0 Å². The predicted molar refractivity (Wildman–Crippen MR) is 80.4 cm³/mol. The van der Waals surface area contributed by atoms with Gasteiger partial charge in [0.05, 0.1) is 6.33 Å². The normalized spacial score (nSPS) is 11.1. The molecule has 0 amide bonds. The number of hydrogen-bond acceptors (Lipinski definition) is 3. The molecule has 0 fully saturated rings. The zero-order valence-electron chi connectivity index (χ0n) is 11.7. The fraction of sp³-hybridized carbons (Fsp3) is 0.267. The molecular weight excluding hydrogens is 268 g/mol. The molecule has 0 saturated carbocycles. The highest BCUT2D eigenvalue weighted by molar-refractivity contribution is 5.68. The molecule has 0 spiro atoms. The number of aromatic nitrogens is 4. The zero-order valence-corrected chi connectivity index (χ0v) is 11.7. The second-order valence-electron chi connectivity index (χ2n) is 4.82. The summed E-state index contributed by atoms with van der Waals surface area (Å²) < 4.78 is 2.79. The van der Waals surface area contributed by atoms with Crippen molar-refractivity contribution in [3.05, 3.63) is 63.1 Å². The smallest absolute Gasteiger partial charge is 0.332 e. The van der Waals surface area contributed by atoms with E-state index in [9.17, 15) is 9.59 Å². The lowest BCUT2D eigenvalue weighted by Crippen LogP contribution is -2.40. The van der Waals surface area contributed by atoms with E-state index in [1.807, 2.05) is 37.3 Å². The summed E-state index contributed by atoms with van der Waals surface area (Å²) in [5.41, 5.74) is 1.27. The maximum absolute atomic E-state index is 12.4. The van der Waals surface area contributed by atoms with Gasteiger partial charge in [-0.15, -0.1) is 0 Å². The van der Waals surface area contributed by atoms with Gasteiger partial charge >= 0.3 is 5.69 Å². The maximum atomic E-state index is 12.4. The minimum absolute atomic E-state index is 0.307. The van der Waals surface area contributed by atoms with Gasteiger partial charge in [0.25, 0.3) is 5.56 Å². The first-order valence-electron chi connectivity index (χ1n) is 6.93. The largest absolute Gasteiger partial charge is 0.339 e. The van der Waals surface area contributed by atoms with Gasteiger partial charge in [0.15, 0.2) is 5.65 Å². The molecule has 2 heterocycles. The van der Waals surface area contributed by atoms with Crippen LogP contribution >= 0.6 is 0 Å². The van der Waals surface area contributed by atoms with Gasteiger partial charge in [0.2, 0.25) is 0 Å². The number of hydrogen-bond donors (Lipinski definition) is 1. The van der Waals surface area contributed by atoms with E-state index in [1.165, 1.54) is 15.5 Å². The molecule has 2 aromatic heterocycles. The van der Waals surface area contributed by atoms with Gasteiger partial charge in [-0.3, -0.25) is 13.9 Å². The average molecular weight is 284 g/mol. The number of aryl methyl sites for hydroxylation is 2. The fourth-order valence-corrected chi connectivity index (χ4v) is 2.48. The van der Waals surface area contributed by atoms with Gasteiger partial charge in [-0.2, -0.15) is 0 Å². The van der Waals surface area contributed by atoms with Gasteiger partial charge in [-0.05, 0) is 18.9 Å². The third-order valence-electron chi connectivity index (χ3n) is 3.58. The van der Waals surface area contributed by atoms with Crippen molar-refractivity contribution in [2.24, 2.45) is 0 Å². The number of H-pyrrole nitrogens is 1. The molecule has 0 radical (unpaired) electrons. The summed E-state index contributed by atoms with van der Waals surface area (Å²) in [6.45, 7) is 2.70. The van der Waals surface area contributed by atoms with Crippen molar-refractivity contribution in [1.82, 2.24) is 19.1 Å². The molecule has 3 aromatic rings. The van der Waals surface area contributed by atoms with E-state index in [-0.39, 0.29) is 11.2 Å². The van der Waals surface area contributed by atoms with Crippen LogP contribution in [0, 0.1) is 0 Å². The predicted octanol–water partition coefficient (Wildman–Crippen LogP) is 1.15. The third-order valence-corrected chi connectivity index (χ3v) is 3.58. The third kappa shape index (κ3) is 2.29. The highest BCUT2D eigenvalue weighted by Crippen LogP contribution is 2.03. The lowest BCUT2D eigenvalue weighted by atomic mass is 10.1. The minimum atomic E-state index is -0.312. The summed E-state index contributed by atoms with van der Waals surface area (Å²) in [5.74, 6) is 0. The van der Waals surface area contributed by atoms with Crippen molar-refractivity contribution in [2.75, 3.05) is 0 Å². The number of rotatable bonds is 4. The van der Waals surface area contributed by atoms with Crippen LogP contribution in [0.1, 0.15) is 12.5 Å². The molecule has 0 atom stereocenters. The van der Waals surface area contributed by atoms with Crippen LogP contribution < -0.4 is 11.2 Å². The summed E-state index contributed by atoms with van der Waals surface area (Å²) in [6, 6.07) is 9.80. The van der Waals surface area contributed by atoms with Crippen LogP contribution in [-0.4, -0.2) is 19.1 Å². The summed E-state index contributed by atoms with van der Waals surface area (Å²) in [4.78, 5) is 31.7. The second-order valence-corrected chi connectivity index (χ2v) is 4.82. The molecule has 0 bridgehead atoms. The van der Waals surface area contributed by atoms with E-state index in [0.29, 0.717) is 30.7 Å². The number of aromatic amines is 1. The highest BCUT2D eigenvalue weighted by atomic mass is 16.2. The van der Waals surface area contributed by atoms with Gasteiger partial charge in [0.1, 0.15) is 5.52 Å². The molecule has 0 unspecified atom stereocenters. The van der Waals surface area contributed by atoms with Gasteiger partial charge in [-0.1, -0.05) is 30.3 Å². The van der Waals surface area contributed by atoms with Crippen molar-refractivity contribution in [2.45, 2.75) is 26.4 Å². The van der Waals surface area contributed by atoms with Crippen LogP contribution in [-0.2, 0) is 19.5 Å². The molecule has 0 aliphatic rings. The topological polar surface area (TPSA) is 72.7 Å². The molecule has 6 nitrogen and oxygen atoms in total. The van der Waals surface area contributed by atoms with E-state index in [2.05, 4.69) is 9.97 Å². The van der Waals surface area contributed by atoms with Crippen LogP contribution in [0.15, 0.2) is 46.2 Å². The van der Waals surface area contributed by atoms with Crippen LogP contribution in [0.2, 0.25) is 0 Å². The Morgan fingerprint density at radius 3 is 2.62 bits per heavy atom. The lowest BCUT2D eigenvalue weighted by Gasteiger charge is -2.09. The molecule has 1 aromatic carbocycles. The minimum Gasteiger partial charge on any atom is -0.339 e. The van der Waals surface area contributed by atoms with Gasteiger partial charge in [-0.25, -0.2) is 9.78 Å². The Kier molecular flexibility index (Phi) is 3.43. The molecule has 0 saturated heterocycles. The van der Waals surface area contributed by atoms with Crippen molar-refractivity contribution in [3.63, 3.8) is 0 Å². The number of nitrogens with zero attached hydrogens (tertiary/aromatic N) is 3. The second kappa shape index (κ2) is 5.40. The monoisotopic (exact) mass is 284 g/mol. The van der Waals surface area contributed by atoms with Crippen LogP contribution in [0.5, 0.6) is 0 Å². The Morgan fingerprint density at radius 1 is 1.14 bits per heavy atom. The highest BCUT2D eigenvalue weighted by Gasteiger charge is 2.13. The molecule has 1 N–H and O–H groups in total. The van der Waals surface area contributed by atoms with Crippen LogP contribution in [0.25, 0.3) is 11.2 Å². The Bertz CT molecular complexity index is 874. The van der Waals surface area contributed by atoms with Crippen molar-refractivity contribution in [3.8, 4) is 0 Å². The average Bonchev–Trinajstić information content (AvgIpc) is 2.98. The molecule has 21 heavy (non-hydrogen) atoms. The number of nitrogens with one attached hydrogen (secondary N) is 1. The van der Waals surface area contributed by atoms with E-state index >= 15 is 0 Å². The summed E-state index contributed by atoms with van der Waals surface area (Å²) in [5, 5.41) is 0. The van der Waals surface area contributed by atoms with E-state index in [0.717, 1.165) is 5.56 Å². The van der Waals surface area contributed by atoms with Crippen LogP contribution in [0.4, 0.5) is 0 Å². The Labute approximate surface area is 120 Å². The molecule has 108 valence electrons. The fourth-order valence-electron chi connectivity index (χ4n) is 2.48. The maximum Gasteiger partial charge on any atom is 0.332 e. The van der Waals surface area contributed by atoms with Crippen molar-refractivity contribution >= 4 is 11.2 Å². The summed E-state index contributed by atoms with van der Waals surface area (Å²) in [7, 11) is 0. The van der Waals surface area contributed by atoms with Crippen molar-refractivity contribution < 1.29 is 0 Å².